The van der Waals surface area contributed by atoms with Crippen molar-refractivity contribution in [2.45, 2.75) is 26.4 Å². The minimum Gasteiger partial charge on any atom is -0.377 e. The van der Waals surface area contributed by atoms with Crippen molar-refractivity contribution in [1.82, 2.24) is 14.8 Å². The highest BCUT2D eigenvalue weighted by atomic mass is 35.5. The van der Waals surface area contributed by atoms with E-state index in [4.69, 9.17) is 23.8 Å². The summed E-state index contributed by atoms with van der Waals surface area (Å²) in [5.74, 6) is 0.387. The van der Waals surface area contributed by atoms with Crippen LogP contribution in [0.4, 0.5) is 11.4 Å². The van der Waals surface area contributed by atoms with Crippen molar-refractivity contribution < 1.29 is 4.79 Å². The van der Waals surface area contributed by atoms with E-state index >= 15 is 0 Å². The first-order valence-corrected chi connectivity index (χ1v) is 11.3. The highest BCUT2D eigenvalue weighted by Crippen LogP contribution is 2.29. The smallest absolute Gasteiger partial charge is 0.244 e. The van der Waals surface area contributed by atoms with Crippen molar-refractivity contribution in [3.05, 3.63) is 93.7 Å². The van der Waals surface area contributed by atoms with Crippen LogP contribution in [0.25, 0.3) is 11.4 Å². The molecule has 1 unspecified atom stereocenters. The molecule has 1 atom stereocenters. The van der Waals surface area contributed by atoms with Gasteiger partial charge in [-0.2, -0.15) is 5.10 Å². The third-order valence-corrected chi connectivity index (χ3v) is 5.92. The predicted octanol–water partition coefficient (Wildman–Crippen LogP) is 6.38. The van der Waals surface area contributed by atoms with Crippen molar-refractivity contribution in [3.63, 3.8) is 0 Å². The number of anilines is 2. The van der Waals surface area contributed by atoms with Gasteiger partial charge in [-0.05, 0) is 49.8 Å². The number of amides is 1. The van der Waals surface area contributed by atoms with Gasteiger partial charge in [0.1, 0.15) is 6.54 Å². The second-order valence-corrected chi connectivity index (χ2v) is 8.62. The molecular formula is C25H24ClN5OS. The lowest BCUT2D eigenvalue weighted by atomic mass is 10.1. The maximum Gasteiger partial charge on any atom is 0.244 e. The first kappa shape index (κ1) is 22.8. The van der Waals surface area contributed by atoms with E-state index < -0.39 is 0 Å². The standard InChI is InChI=1S/C25H24ClN5OS/c1-16-8-10-19(11-9-16)24-29-30-25(33)31(24)15-23(32)28-20-12-13-22(21(26)14-20)27-17(2)18-6-4-3-5-7-18/h3-14,17,27H,15H2,1-2H3,(H,28,32)(H,30,33). The van der Waals surface area contributed by atoms with E-state index in [0.29, 0.717) is 21.3 Å². The van der Waals surface area contributed by atoms with Gasteiger partial charge < -0.3 is 10.6 Å². The van der Waals surface area contributed by atoms with Gasteiger partial charge in [0.15, 0.2) is 10.6 Å². The van der Waals surface area contributed by atoms with Crippen molar-refractivity contribution in [3.8, 4) is 11.4 Å². The fraction of sp³-hybridized carbons (Fsp3) is 0.160. The Balaban J connectivity index is 1.44. The van der Waals surface area contributed by atoms with Crippen LogP contribution in [-0.2, 0) is 11.3 Å². The Hall–Kier alpha value is -3.42. The van der Waals surface area contributed by atoms with Gasteiger partial charge in [0, 0.05) is 17.3 Å². The summed E-state index contributed by atoms with van der Waals surface area (Å²) in [6.07, 6.45) is 0. The van der Waals surface area contributed by atoms with Gasteiger partial charge in [-0.25, -0.2) is 0 Å². The topological polar surface area (TPSA) is 74.7 Å². The number of nitrogens with zero attached hydrogens (tertiary/aromatic N) is 2. The lowest BCUT2D eigenvalue weighted by Crippen LogP contribution is -2.19. The van der Waals surface area contributed by atoms with Gasteiger partial charge >= 0.3 is 0 Å². The van der Waals surface area contributed by atoms with E-state index in [9.17, 15) is 4.79 Å². The number of benzene rings is 3. The van der Waals surface area contributed by atoms with Gasteiger partial charge in [-0.15, -0.1) is 0 Å². The summed E-state index contributed by atoms with van der Waals surface area (Å²) >= 11 is 11.8. The summed E-state index contributed by atoms with van der Waals surface area (Å²) < 4.78 is 2.06. The fourth-order valence-corrected chi connectivity index (χ4v) is 3.93. The zero-order chi connectivity index (χ0) is 23.4. The van der Waals surface area contributed by atoms with Crippen molar-refractivity contribution in [2.24, 2.45) is 0 Å². The number of carbonyl (C=O) groups is 1. The van der Waals surface area contributed by atoms with E-state index in [2.05, 4.69) is 39.9 Å². The van der Waals surface area contributed by atoms with Crippen LogP contribution in [0, 0.1) is 11.7 Å². The average Bonchev–Trinajstić information content (AvgIpc) is 3.16. The summed E-state index contributed by atoms with van der Waals surface area (Å²) in [6, 6.07) is 23.5. The highest BCUT2D eigenvalue weighted by molar-refractivity contribution is 7.71. The zero-order valence-electron chi connectivity index (χ0n) is 18.3. The Bertz CT molecular complexity index is 1310. The number of rotatable bonds is 7. The first-order chi connectivity index (χ1) is 15.9. The zero-order valence-corrected chi connectivity index (χ0v) is 19.9. The Labute approximate surface area is 202 Å². The van der Waals surface area contributed by atoms with Gasteiger partial charge in [0.2, 0.25) is 5.91 Å². The quantitative estimate of drug-likeness (QED) is 0.270. The molecule has 0 aliphatic rings. The molecule has 168 valence electrons. The van der Waals surface area contributed by atoms with E-state index in [1.807, 2.05) is 61.5 Å². The number of aromatic amines is 1. The fourth-order valence-electron chi connectivity index (χ4n) is 3.50. The lowest BCUT2D eigenvalue weighted by Gasteiger charge is -2.17. The van der Waals surface area contributed by atoms with Crippen LogP contribution in [0.3, 0.4) is 0 Å². The molecule has 8 heteroatoms. The third-order valence-electron chi connectivity index (χ3n) is 5.29. The van der Waals surface area contributed by atoms with Crippen LogP contribution in [0.2, 0.25) is 5.02 Å². The Morgan fingerprint density at radius 3 is 2.55 bits per heavy atom. The summed E-state index contributed by atoms with van der Waals surface area (Å²) in [7, 11) is 0. The number of aryl methyl sites for hydroxylation is 1. The van der Waals surface area contributed by atoms with E-state index in [1.54, 1.807) is 10.6 Å². The third kappa shape index (κ3) is 5.50. The number of nitrogens with one attached hydrogen (secondary N) is 3. The molecule has 0 radical (unpaired) electrons. The number of hydrogen-bond donors (Lipinski definition) is 3. The molecule has 1 heterocycles. The number of aromatic nitrogens is 3. The molecule has 1 amide bonds. The normalized spacial score (nSPS) is 11.7. The maximum absolute atomic E-state index is 12.8. The molecule has 0 spiro atoms. The molecule has 0 fully saturated rings. The van der Waals surface area contributed by atoms with Gasteiger partial charge in [0.25, 0.3) is 0 Å². The predicted molar refractivity (Wildman–Crippen MR) is 136 cm³/mol. The molecule has 3 aromatic carbocycles. The van der Waals surface area contributed by atoms with Crippen LogP contribution in [0.5, 0.6) is 0 Å². The van der Waals surface area contributed by atoms with E-state index in [0.717, 1.165) is 22.4 Å². The van der Waals surface area contributed by atoms with E-state index in [-0.39, 0.29) is 18.5 Å². The summed E-state index contributed by atoms with van der Waals surface area (Å²) in [5.41, 5.74) is 4.59. The molecule has 0 bridgehead atoms. The van der Waals surface area contributed by atoms with Crippen LogP contribution >= 0.6 is 23.8 Å². The van der Waals surface area contributed by atoms with Crippen LogP contribution < -0.4 is 10.6 Å². The average molecular weight is 478 g/mol. The highest BCUT2D eigenvalue weighted by Gasteiger charge is 2.14. The summed E-state index contributed by atoms with van der Waals surface area (Å²) in [4.78, 5) is 12.8. The number of halogens is 1. The molecule has 1 aromatic heterocycles. The molecule has 4 rings (SSSR count). The van der Waals surface area contributed by atoms with Crippen molar-refractivity contribution >= 4 is 41.1 Å². The second-order valence-electron chi connectivity index (χ2n) is 7.82. The molecular weight excluding hydrogens is 454 g/mol. The molecule has 0 aliphatic heterocycles. The van der Waals surface area contributed by atoms with Crippen LogP contribution in [0.15, 0.2) is 72.8 Å². The maximum atomic E-state index is 12.8. The minimum absolute atomic E-state index is 0.0290. The van der Waals surface area contributed by atoms with Gasteiger partial charge in [0.05, 0.1) is 10.7 Å². The molecule has 6 nitrogen and oxygen atoms in total. The summed E-state index contributed by atoms with van der Waals surface area (Å²) in [6.45, 7) is 4.12. The first-order valence-electron chi connectivity index (χ1n) is 10.5. The summed E-state index contributed by atoms with van der Waals surface area (Å²) in [5, 5.41) is 13.9. The second kappa shape index (κ2) is 10.0. The monoisotopic (exact) mass is 477 g/mol. The molecule has 33 heavy (non-hydrogen) atoms. The van der Waals surface area contributed by atoms with Gasteiger partial charge in [-0.1, -0.05) is 71.8 Å². The number of hydrogen-bond acceptors (Lipinski definition) is 4. The van der Waals surface area contributed by atoms with Crippen LogP contribution in [-0.4, -0.2) is 20.7 Å². The Kier molecular flexibility index (Phi) is 6.91. The molecule has 0 saturated carbocycles. The number of carbonyl (C=O) groups excluding carboxylic acids is 1. The van der Waals surface area contributed by atoms with Crippen molar-refractivity contribution in [2.75, 3.05) is 10.6 Å². The molecule has 0 saturated heterocycles. The number of H-pyrrole nitrogens is 1. The molecule has 4 aromatic rings. The SMILES string of the molecule is Cc1ccc(-c2n[nH]c(=S)n2CC(=O)Nc2ccc(NC(C)c3ccccc3)c(Cl)c2)cc1. The molecule has 0 aliphatic carbocycles. The van der Waals surface area contributed by atoms with Crippen molar-refractivity contribution in [1.29, 1.82) is 0 Å². The van der Waals surface area contributed by atoms with Crippen LogP contribution in [0.1, 0.15) is 24.1 Å². The van der Waals surface area contributed by atoms with E-state index in [1.165, 1.54) is 0 Å². The lowest BCUT2D eigenvalue weighted by molar-refractivity contribution is -0.116. The largest absolute Gasteiger partial charge is 0.377 e. The minimum atomic E-state index is -0.227. The molecule has 3 N–H and O–H groups in total. The van der Waals surface area contributed by atoms with Gasteiger partial charge in [-0.3, -0.25) is 14.5 Å². The Morgan fingerprint density at radius 1 is 1.12 bits per heavy atom. The Morgan fingerprint density at radius 2 is 1.85 bits per heavy atom.